The van der Waals surface area contributed by atoms with E-state index in [1.54, 1.807) is 0 Å². The van der Waals surface area contributed by atoms with Crippen LogP contribution >= 0.6 is 0 Å². The molecule has 0 aromatic carbocycles. The first kappa shape index (κ1) is 19.4. The Morgan fingerprint density at radius 1 is 0.833 bits per heavy atom. The molecular formula is C20H26N6O4. The van der Waals surface area contributed by atoms with Gasteiger partial charge in [0.05, 0.1) is 12.1 Å². The average molecular weight is 414 g/mol. The van der Waals surface area contributed by atoms with Crippen LogP contribution in [0.4, 0.5) is 0 Å². The van der Waals surface area contributed by atoms with Crippen molar-refractivity contribution >= 4 is 23.0 Å². The minimum absolute atomic E-state index is 0.0361. The molecule has 4 heterocycles. The molecule has 2 saturated heterocycles. The van der Waals surface area contributed by atoms with Gasteiger partial charge in [-0.2, -0.15) is 4.57 Å². The van der Waals surface area contributed by atoms with Crippen LogP contribution < -0.4 is 21.9 Å². The minimum Gasteiger partial charge on any atom is -0.336 e. The first-order chi connectivity index (χ1) is 14.6. The van der Waals surface area contributed by atoms with Gasteiger partial charge < -0.3 is 15.6 Å². The van der Waals surface area contributed by atoms with Crippen molar-refractivity contribution in [1.82, 2.24) is 29.7 Å². The molecule has 0 radical (unpaired) electrons. The van der Waals surface area contributed by atoms with Crippen LogP contribution in [0.2, 0.25) is 0 Å². The Labute approximate surface area is 172 Å². The van der Waals surface area contributed by atoms with Gasteiger partial charge in [0.25, 0.3) is 17.4 Å². The lowest BCUT2D eigenvalue weighted by molar-refractivity contribution is 0.0841. The number of nitrogens with zero attached hydrogens (tertiary/aromatic N) is 3. The number of H-pyrrole nitrogens is 1. The largest absolute Gasteiger partial charge is 0.346 e. The van der Waals surface area contributed by atoms with Crippen LogP contribution in [0.3, 0.4) is 0 Å². The molecule has 2 aromatic heterocycles. The Balaban J connectivity index is 1.71. The number of fused-ring (bicyclic) bond motifs is 1. The maximum atomic E-state index is 13.3. The zero-order valence-corrected chi connectivity index (χ0v) is 16.8. The molecule has 10 heteroatoms. The summed E-state index contributed by atoms with van der Waals surface area (Å²) in [5.41, 5.74) is -1.56. The van der Waals surface area contributed by atoms with Crippen LogP contribution in [0.15, 0.2) is 9.59 Å². The molecule has 2 unspecified atom stereocenters. The topological polar surface area (TPSA) is 131 Å². The molecule has 10 nitrogen and oxygen atoms in total. The number of rotatable bonds is 3. The number of carbonyl (C=O) groups is 2. The van der Waals surface area contributed by atoms with Crippen molar-refractivity contribution in [2.75, 3.05) is 13.1 Å². The number of nitrogens with one attached hydrogen (secondary N) is 3. The zero-order chi connectivity index (χ0) is 20.8. The van der Waals surface area contributed by atoms with Crippen molar-refractivity contribution < 1.29 is 9.59 Å². The summed E-state index contributed by atoms with van der Waals surface area (Å²) in [5, 5.41) is 6.13. The van der Waals surface area contributed by atoms with Crippen molar-refractivity contribution in [2.45, 2.75) is 69.4 Å². The van der Waals surface area contributed by atoms with Gasteiger partial charge in [-0.15, -0.1) is 0 Å². The van der Waals surface area contributed by atoms with Gasteiger partial charge in [-0.1, -0.05) is 12.8 Å². The smallest absolute Gasteiger partial charge is 0.336 e. The highest BCUT2D eigenvalue weighted by Gasteiger charge is 2.33. The molecule has 3 N–H and O–H groups in total. The van der Waals surface area contributed by atoms with Crippen molar-refractivity contribution in [2.24, 2.45) is 0 Å². The predicted octanol–water partition coefficient (Wildman–Crippen LogP) is 0.328. The normalized spacial score (nSPS) is 24.8. The third kappa shape index (κ3) is 3.05. The monoisotopic (exact) mass is 414 g/mol. The van der Waals surface area contributed by atoms with Crippen molar-refractivity contribution in [3.63, 3.8) is 0 Å². The lowest BCUT2D eigenvalue weighted by atomic mass is 10.1. The second-order valence-corrected chi connectivity index (χ2v) is 8.53. The van der Waals surface area contributed by atoms with Crippen LogP contribution in [0.5, 0.6) is 0 Å². The molecule has 30 heavy (non-hydrogen) atoms. The highest BCUT2D eigenvalue weighted by atomic mass is 16.2. The number of hydrogen-bond acceptors (Lipinski definition) is 7. The van der Waals surface area contributed by atoms with E-state index in [9.17, 15) is 19.2 Å². The predicted molar refractivity (Wildman–Crippen MR) is 109 cm³/mol. The van der Waals surface area contributed by atoms with E-state index in [1.165, 1.54) is 0 Å². The van der Waals surface area contributed by atoms with E-state index in [2.05, 4.69) is 20.6 Å². The molecule has 5 rings (SSSR count). The summed E-state index contributed by atoms with van der Waals surface area (Å²) in [6, 6.07) is -1.12. The number of aromatic amines is 1. The van der Waals surface area contributed by atoms with Crippen LogP contribution in [0, 0.1) is 0 Å². The Hall–Kier alpha value is -2.59. The summed E-state index contributed by atoms with van der Waals surface area (Å²) < 4.78 is 1.55. The Morgan fingerprint density at radius 3 is 2.00 bits per heavy atom. The van der Waals surface area contributed by atoms with Gasteiger partial charge in [0.2, 0.25) is 0 Å². The minimum atomic E-state index is -0.922. The quantitative estimate of drug-likeness (QED) is 0.659. The van der Waals surface area contributed by atoms with Crippen LogP contribution in [0.25, 0.3) is 11.2 Å². The van der Waals surface area contributed by atoms with Crippen LogP contribution in [-0.4, -0.2) is 56.1 Å². The number of imidazole rings is 1. The molecule has 2 atom stereocenters. The molecule has 0 amide bonds. The molecule has 1 saturated carbocycles. The third-order valence-electron chi connectivity index (χ3n) is 6.61. The molecule has 0 bridgehead atoms. The molecule has 0 spiro atoms. The summed E-state index contributed by atoms with van der Waals surface area (Å²) in [7, 11) is 0. The van der Waals surface area contributed by atoms with Crippen molar-refractivity contribution in [3.8, 4) is 0 Å². The third-order valence-corrected chi connectivity index (χ3v) is 6.61. The molecule has 160 valence electrons. The Bertz CT molecular complexity index is 1110. The highest BCUT2D eigenvalue weighted by Crippen LogP contribution is 2.32. The molecular weight excluding hydrogens is 388 g/mol. The summed E-state index contributed by atoms with van der Waals surface area (Å²) in [6.07, 6.45) is 6.82. The maximum Gasteiger partial charge on any atom is 0.346 e. The molecule has 3 aliphatic rings. The zero-order valence-electron chi connectivity index (χ0n) is 16.8. The van der Waals surface area contributed by atoms with Crippen molar-refractivity contribution in [3.05, 3.63) is 26.7 Å². The SMILES string of the molecule is O=C(C1CCCN1)n1c(=O)c2[nH]c(C3CCCC3)nc2n(C(=O)C2CCCN2)c1=O. The van der Waals surface area contributed by atoms with Crippen LogP contribution in [0.1, 0.15) is 72.7 Å². The summed E-state index contributed by atoms with van der Waals surface area (Å²) in [6.45, 7) is 1.34. The second kappa shape index (κ2) is 7.59. The summed E-state index contributed by atoms with van der Waals surface area (Å²) in [4.78, 5) is 60.3. The van der Waals surface area contributed by atoms with E-state index in [0.717, 1.165) is 43.1 Å². The Morgan fingerprint density at radius 2 is 1.43 bits per heavy atom. The van der Waals surface area contributed by atoms with Crippen LogP contribution in [-0.2, 0) is 0 Å². The van der Waals surface area contributed by atoms with E-state index in [-0.39, 0.29) is 17.1 Å². The molecule has 2 aliphatic heterocycles. The van der Waals surface area contributed by atoms with E-state index in [4.69, 9.17) is 0 Å². The molecule has 2 aromatic rings. The van der Waals surface area contributed by atoms with E-state index >= 15 is 0 Å². The number of aromatic nitrogens is 4. The summed E-state index contributed by atoms with van der Waals surface area (Å²) >= 11 is 0. The fourth-order valence-electron chi connectivity index (χ4n) is 4.97. The fraction of sp³-hybridized carbons (Fsp3) is 0.650. The summed E-state index contributed by atoms with van der Waals surface area (Å²) in [5.74, 6) is -0.292. The average Bonchev–Trinajstić information content (AvgIpc) is 3.55. The Kier molecular flexibility index (Phi) is 4.90. The van der Waals surface area contributed by atoms with E-state index < -0.39 is 35.1 Å². The van der Waals surface area contributed by atoms with Gasteiger partial charge in [0, 0.05) is 5.92 Å². The lowest BCUT2D eigenvalue weighted by Gasteiger charge is -2.15. The fourth-order valence-corrected chi connectivity index (χ4v) is 4.97. The molecule has 3 fully saturated rings. The number of carbonyl (C=O) groups excluding carboxylic acids is 2. The van der Waals surface area contributed by atoms with Gasteiger partial charge in [-0.25, -0.2) is 14.3 Å². The van der Waals surface area contributed by atoms with Gasteiger partial charge >= 0.3 is 5.69 Å². The van der Waals surface area contributed by atoms with E-state index in [0.29, 0.717) is 36.3 Å². The standard InChI is InChI=1S/C20H26N6O4/c27-17(12-7-3-9-21-12)25-16-14(23-15(24-16)11-5-1-2-6-11)19(29)26(20(25)30)18(28)13-8-4-10-22-13/h11-13,21-22H,1-10H2,(H,23,24). The van der Waals surface area contributed by atoms with Gasteiger partial charge in [0.15, 0.2) is 11.2 Å². The first-order valence-electron chi connectivity index (χ1n) is 10.9. The lowest BCUT2D eigenvalue weighted by Crippen LogP contribution is -2.52. The molecule has 1 aliphatic carbocycles. The van der Waals surface area contributed by atoms with Crippen molar-refractivity contribution in [1.29, 1.82) is 0 Å². The maximum absolute atomic E-state index is 13.3. The first-order valence-corrected chi connectivity index (χ1v) is 10.9. The van der Waals surface area contributed by atoms with E-state index in [1.807, 2.05) is 0 Å². The number of hydrogen-bond donors (Lipinski definition) is 3. The van der Waals surface area contributed by atoms with Gasteiger partial charge in [-0.05, 0) is 51.6 Å². The highest BCUT2D eigenvalue weighted by molar-refractivity contribution is 5.93. The second-order valence-electron chi connectivity index (χ2n) is 8.53. The van der Waals surface area contributed by atoms with Gasteiger partial charge in [-0.3, -0.25) is 14.4 Å². The van der Waals surface area contributed by atoms with Gasteiger partial charge in [0.1, 0.15) is 5.82 Å².